The maximum Gasteiger partial charge on any atom is 0.269 e. The highest BCUT2D eigenvalue weighted by molar-refractivity contribution is 8.03. The van der Waals surface area contributed by atoms with Crippen LogP contribution in [0.25, 0.3) is 0 Å². The Morgan fingerprint density at radius 1 is 1.35 bits per heavy atom. The van der Waals surface area contributed by atoms with Gasteiger partial charge in [-0.3, -0.25) is 14.9 Å². The minimum atomic E-state index is -3.85. The summed E-state index contributed by atoms with van der Waals surface area (Å²) < 4.78 is 25.7. The van der Waals surface area contributed by atoms with Gasteiger partial charge in [0.05, 0.1) is 15.7 Å². The Labute approximate surface area is 118 Å². The minimum absolute atomic E-state index is 0.0794. The molecule has 20 heavy (non-hydrogen) atoms. The molecule has 8 nitrogen and oxygen atoms in total. The van der Waals surface area contributed by atoms with Crippen molar-refractivity contribution >= 4 is 33.9 Å². The zero-order chi connectivity index (χ0) is 14.8. The van der Waals surface area contributed by atoms with Crippen LogP contribution in [0, 0.1) is 10.1 Å². The van der Waals surface area contributed by atoms with Crippen LogP contribution in [0.2, 0.25) is 0 Å². The molecule has 1 heterocycles. The first-order valence-corrected chi connectivity index (χ1v) is 7.75. The highest BCUT2D eigenvalue weighted by Gasteiger charge is 2.30. The molecule has 1 aromatic rings. The molecular formula is C10H9N3O5S2. The lowest BCUT2D eigenvalue weighted by Gasteiger charge is -2.20. The summed E-state index contributed by atoms with van der Waals surface area (Å²) in [7, 11) is -3.85. The first-order chi connectivity index (χ1) is 9.46. The van der Waals surface area contributed by atoms with Crippen LogP contribution in [0.15, 0.2) is 40.4 Å². The minimum Gasteiger partial charge on any atom is -0.314 e. The lowest BCUT2D eigenvalue weighted by atomic mass is 10.3. The van der Waals surface area contributed by atoms with Crippen molar-refractivity contribution in [3.05, 3.63) is 45.6 Å². The van der Waals surface area contributed by atoms with E-state index in [4.69, 9.17) is 0 Å². The topological polar surface area (TPSA) is 110 Å². The summed E-state index contributed by atoms with van der Waals surface area (Å²) in [5, 5.41) is 14.3. The van der Waals surface area contributed by atoms with Gasteiger partial charge >= 0.3 is 0 Å². The van der Waals surface area contributed by atoms with E-state index < -0.39 is 14.9 Å². The second kappa shape index (κ2) is 5.51. The molecule has 0 aliphatic carbocycles. The van der Waals surface area contributed by atoms with E-state index in [0.29, 0.717) is 6.41 Å². The Bertz CT molecular complexity index is 669. The molecule has 1 aromatic carbocycles. The molecule has 0 aromatic heterocycles. The molecule has 1 aliphatic rings. The number of carbonyl (C=O) groups is 1. The van der Waals surface area contributed by atoms with Crippen molar-refractivity contribution in [1.82, 2.24) is 9.62 Å². The summed E-state index contributed by atoms with van der Waals surface area (Å²) in [5.41, 5.74) is -0.193. The number of hydrogen-bond donors (Lipinski definition) is 1. The Balaban J connectivity index is 2.33. The van der Waals surface area contributed by atoms with Crippen LogP contribution in [0.4, 0.5) is 5.69 Å². The number of benzene rings is 1. The highest BCUT2D eigenvalue weighted by atomic mass is 32.2. The third-order valence-electron chi connectivity index (χ3n) is 2.50. The van der Waals surface area contributed by atoms with Gasteiger partial charge in [0.25, 0.3) is 15.7 Å². The summed E-state index contributed by atoms with van der Waals surface area (Å²) >= 11 is 1.21. The first kappa shape index (κ1) is 14.3. The number of nitrogens with one attached hydrogen (secondary N) is 1. The number of carbonyl (C=O) groups excluding carboxylic acids is 1. The Hall–Kier alpha value is -2.07. The second-order valence-electron chi connectivity index (χ2n) is 3.67. The van der Waals surface area contributed by atoms with Crippen molar-refractivity contribution in [1.29, 1.82) is 0 Å². The van der Waals surface area contributed by atoms with E-state index in [1.807, 2.05) is 0 Å². The Morgan fingerprint density at radius 2 is 2.00 bits per heavy atom. The molecular weight excluding hydrogens is 306 g/mol. The molecule has 1 aliphatic heterocycles. The highest BCUT2D eigenvalue weighted by Crippen LogP contribution is 2.29. The number of hydrogen-bond acceptors (Lipinski definition) is 6. The molecule has 1 N–H and O–H groups in total. The number of thioether (sulfide) groups is 1. The van der Waals surface area contributed by atoms with E-state index in [9.17, 15) is 23.3 Å². The molecule has 0 saturated heterocycles. The van der Waals surface area contributed by atoms with E-state index >= 15 is 0 Å². The number of nitrogens with zero attached hydrogens (tertiary/aromatic N) is 2. The van der Waals surface area contributed by atoms with Crippen molar-refractivity contribution < 1.29 is 18.1 Å². The van der Waals surface area contributed by atoms with Crippen LogP contribution in [-0.4, -0.2) is 29.9 Å². The molecule has 1 amide bonds. The van der Waals surface area contributed by atoms with E-state index in [0.717, 1.165) is 28.6 Å². The molecule has 10 heteroatoms. The molecule has 106 valence electrons. The van der Waals surface area contributed by atoms with Crippen LogP contribution in [-0.2, 0) is 14.8 Å². The molecule has 0 radical (unpaired) electrons. The largest absolute Gasteiger partial charge is 0.314 e. The van der Waals surface area contributed by atoms with Crippen LogP contribution in [0.3, 0.4) is 0 Å². The number of sulfonamides is 1. The summed E-state index contributed by atoms with van der Waals surface area (Å²) in [4.78, 5) is 20.3. The zero-order valence-corrected chi connectivity index (χ0v) is 11.6. The fourth-order valence-corrected chi connectivity index (χ4v) is 4.15. The van der Waals surface area contributed by atoms with Crippen LogP contribution < -0.4 is 5.32 Å². The monoisotopic (exact) mass is 315 g/mol. The van der Waals surface area contributed by atoms with E-state index in [-0.39, 0.29) is 22.3 Å². The third-order valence-corrected chi connectivity index (χ3v) is 5.23. The van der Waals surface area contributed by atoms with Gasteiger partial charge in [0.15, 0.2) is 0 Å². The third kappa shape index (κ3) is 2.60. The van der Waals surface area contributed by atoms with Gasteiger partial charge in [-0.15, -0.1) is 11.8 Å². The molecule has 0 fully saturated rings. The molecule has 0 atom stereocenters. The lowest BCUT2D eigenvalue weighted by molar-refractivity contribution is -0.384. The van der Waals surface area contributed by atoms with Gasteiger partial charge in [-0.05, 0) is 12.1 Å². The average molecular weight is 315 g/mol. The standard InChI is InChI=1S/C10H9N3O5S2/c14-6-11-10-5-19-7-12(10)20(17,18)9-3-1-8(2-4-9)13(15)16/h1-6H,7H2,(H,11,14). The predicted molar refractivity (Wildman–Crippen MR) is 71.9 cm³/mol. The summed E-state index contributed by atoms with van der Waals surface area (Å²) in [6.45, 7) is 0. The number of amides is 1. The first-order valence-electron chi connectivity index (χ1n) is 5.26. The van der Waals surface area contributed by atoms with Gasteiger partial charge < -0.3 is 5.32 Å². The van der Waals surface area contributed by atoms with Crippen molar-refractivity contribution in [2.75, 3.05) is 5.88 Å². The SMILES string of the molecule is O=CNC1=CSCN1S(=O)(=O)c1ccc([N+](=O)[O-])cc1. The maximum atomic E-state index is 12.3. The predicted octanol–water partition coefficient (Wildman–Crippen LogP) is 0.835. The van der Waals surface area contributed by atoms with Gasteiger partial charge in [-0.1, -0.05) is 0 Å². The fraction of sp³-hybridized carbons (Fsp3) is 0.100. The van der Waals surface area contributed by atoms with Crippen molar-refractivity contribution in [2.45, 2.75) is 4.90 Å². The van der Waals surface area contributed by atoms with E-state index in [2.05, 4.69) is 5.32 Å². The maximum absolute atomic E-state index is 12.3. The normalized spacial score (nSPS) is 14.8. The average Bonchev–Trinajstić information content (AvgIpc) is 2.88. The molecule has 2 rings (SSSR count). The van der Waals surface area contributed by atoms with Gasteiger partial charge in [0.2, 0.25) is 6.41 Å². The van der Waals surface area contributed by atoms with Gasteiger partial charge in [0, 0.05) is 17.5 Å². The smallest absolute Gasteiger partial charge is 0.269 e. The number of nitro groups is 1. The van der Waals surface area contributed by atoms with E-state index in [1.165, 1.54) is 17.2 Å². The van der Waals surface area contributed by atoms with Gasteiger partial charge in [-0.2, -0.15) is 0 Å². The second-order valence-corrected chi connectivity index (χ2v) is 6.36. The Morgan fingerprint density at radius 3 is 2.55 bits per heavy atom. The summed E-state index contributed by atoms with van der Waals surface area (Å²) in [6, 6.07) is 4.56. The molecule has 0 spiro atoms. The van der Waals surface area contributed by atoms with Crippen molar-refractivity contribution in [3.8, 4) is 0 Å². The van der Waals surface area contributed by atoms with Gasteiger partial charge in [0.1, 0.15) is 5.82 Å². The van der Waals surface area contributed by atoms with Crippen LogP contribution in [0.1, 0.15) is 0 Å². The Kier molecular flexibility index (Phi) is 3.95. The number of non-ortho nitro benzene ring substituents is 1. The molecule has 0 bridgehead atoms. The quantitative estimate of drug-likeness (QED) is 0.490. The van der Waals surface area contributed by atoms with Crippen LogP contribution in [0.5, 0.6) is 0 Å². The summed E-state index contributed by atoms with van der Waals surface area (Å²) in [5.74, 6) is 0.290. The number of rotatable bonds is 5. The number of nitro benzene ring substituents is 1. The molecule has 0 unspecified atom stereocenters. The van der Waals surface area contributed by atoms with Crippen molar-refractivity contribution in [3.63, 3.8) is 0 Å². The lowest BCUT2D eigenvalue weighted by Crippen LogP contribution is -2.33. The van der Waals surface area contributed by atoms with Gasteiger partial charge in [-0.25, -0.2) is 12.7 Å². The fourth-order valence-electron chi connectivity index (χ4n) is 1.54. The summed E-state index contributed by atoms with van der Waals surface area (Å²) in [6.07, 6.45) is 0.385. The van der Waals surface area contributed by atoms with Crippen molar-refractivity contribution in [2.24, 2.45) is 0 Å². The van der Waals surface area contributed by atoms with Crippen LogP contribution >= 0.6 is 11.8 Å². The van der Waals surface area contributed by atoms with E-state index in [1.54, 1.807) is 0 Å². The molecule has 0 saturated carbocycles. The zero-order valence-electron chi connectivity index (χ0n) is 9.92.